The van der Waals surface area contributed by atoms with Crippen LogP contribution in [0.25, 0.3) is 0 Å². The van der Waals surface area contributed by atoms with Gasteiger partial charge in [-0.05, 0) is 31.9 Å². The van der Waals surface area contributed by atoms with Gasteiger partial charge >= 0.3 is 0 Å². The summed E-state index contributed by atoms with van der Waals surface area (Å²) >= 11 is 0. The van der Waals surface area contributed by atoms with Crippen molar-refractivity contribution < 1.29 is 9.59 Å². The molecule has 0 saturated heterocycles. The van der Waals surface area contributed by atoms with Crippen LogP contribution in [0.3, 0.4) is 0 Å². The number of rotatable bonds is 7. The molecule has 0 atom stereocenters. The topological polar surface area (TPSA) is 61.4 Å². The lowest BCUT2D eigenvalue weighted by Crippen LogP contribution is -2.39. The first kappa shape index (κ1) is 15.5. The van der Waals surface area contributed by atoms with Crippen molar-refractivity contribution in [1.29, 1.82) is 0 Å². The lowest BCUT2D eigenvalue weighted by Gasteiger charge is -2.16. The van der Waals surface area contributed by atoms with E-state index in [-0.39, 0.29) is 11.8 Å². The Morgan fingerprint density at radius 1 is 1.19 bits per heavy atom. The second kappa shape index (κ2) is 7.22. The van der Waals surface area contributed by atoms with E-state index in [4.69, 9.17) is 0 Å². The van der Waals surface area contributed by atoms with E-state index in [0.29, 0.717) is 31.2 Å². The summed E-state index contributed by atoms with van der Waals surface area (Å²) in [6.07, 6.45) is 2.24. The lowest BCUT2D eigenvalue weighted by molar-refractivity contribution is -0.129. The van der Waals surface area contributed by atoms with Crippen molar-refractivity contribution >= 4 is 11.8 Å². The van der Waals surface area contributed by atoms with Gasteiger partial charge in [-0.25, -0.2) is 0 Å². The minimum absolute atomic E-state index is 0.0850. The molecule has 1 fully saturated rings. The zero-order valence-corrected chi connectivity index (χ0v) is 12.7. The average Bonchev–Trinajstić information content (AvgIpc) is 3.31. The third-order valence-electron chi connectivity index (χ3n) is 3.67. The number of hydrogen-bond acceptors (Lipinski definition) is 3. The summed E-state index contributed by atoms with van der Waals surface area (Å²) in [6.45, 7) is 3.41. The fourth-order valence-corrected chi connectivity index (χ4v) is 2.06. The fraction of sp³-hybridized carbons (Fsp3) is 0.500. The highest BCUT2D eigenvalue weighted by Crippen LogP contribution is 2.24. The van der Waals surface area contributed by atoms with Crippen LogP contribution in [-0.4, -0.2) is 49.4 Å². The number of carbonyl (C=O) groups is 2. The molecule has 0 heterocycles. The van der Waals surface area contributed by atoms with E-state index in [0.717, 1.165) is 18.4 Å². The Labute approximate surface area is 125 Å². The van der Waals surface area contributed by atoms with Gasteiger partial charge in [0.1, 0.15) is 0 Å². The molecule has 0 spiro atoms. The second-order valence-electron chi connectivity index (χ2n) is 5.53. The number of benzene rings is 1. The summed E-state index contributed by atoms with van der Waals surface area (Å²) in [5.41, 5.74) is 1.79. The second-order valence-corrected chi connectivity index (χ2v) is 5.53. The van der Waals surface area contributed by atoms with Crippen molar-refractivity contribution in [3.05, 3.63) is 35.4 Å². The molecule has 5 nitrogen and oxygen atoms in total. The molecular weight excluding hydrogens is 266 g/mol. The standard InChI is InChI=1S/C16H23N3O2/c1-12-3-5-13(6-4-12)16(21)18-10-9-17-11-15(20)19(2)14-7-8-14/h3-6,14,17H,7-11H2,1-2H3,(H,18,21). The van der Waals surface area contributed by atoms with Crippen LogP contribution < -0.4 is 10.6 Å². The molecule has 0 aliphatic heterocycles. The number of likely N-dealkylation sites (N-methyl/N-ethyl adjacent to an activating group) is 1. The summed E-state index contributed by atoms with van der Waals surface area (Å²) in [5.74, 6) is 0.0283. The molecule has 21 heavy (non-hydrogen) atoms. The van der Waals surface area contributed by atoms with Gasteiger partial charge < -0.3 is 15.5 Å². The Morgan fingerprint density at radius 2 is 1.86 bits per heavy atom. The number of aryl methyl sites for hydroxylation is 1. The Balaban J connectivity index is 1.60. The Kier molecular flexibility index (Phi) is 5.33. The van der Waals surface area contributed by atoms with E-state index >= 15 is 0 Å². The maximum Gasteiger partial charge on any atom is 0.251 e. The molecule has 1 aromatic carbocycles. The molecule has 1 saturated carbocycles. The summed E-state index contributed by atoms with van der Waals surface area (Å²) in [5, 5.41) is 5.89. The molecule has 1 aliphatic carbocycles. The number of amides is 2. The van der Waals surface area contributed by atoms with Crippen LogP contribution in [0.5, 0.6) is 0 Å². The lowest BCUT2D eigenvalue weighted by atomic mass is 10.1. The van der Waals surface area contributed by atoms with E-state index in [2.05, 4.69) is 10.6 Å². The predicted octanol–water partition coefficient (Wildman–Crippen LogP) is 0.935. The minimum atomic E-state index is -0.0850. The number of nitrogens with one attached hydrogen (secondary N) is 2. The zero-order valence-electron chi connectivity index (χ0n) is 12.7. The van der Waals surface area contributed by atoms with Gasteiger partial charge in [0.05, 0.1) is 6.54 Å². The monoisotopic (exact) mass is 289 g/mol. The van der Waals surface area contributed by atoms with Crippen LogP contribution in [0.1, 0.15) is 28.8 Å². The zero-order chi connectivity index (χ0) is 15.2. The summed E-state index contributed by atoms with van der Waals surface area (Å²) in [7, 11) is 1.85. The highest BCUT2D eigenvalue weighted by molar-refractivity contribution is 5.94. The van der Waals surface area contributed by atoms with Crippen LogP contribution in [0.15, 0.2) is 24.3 Å². The molecule has 2 N–H and O–H groups in total. The van der Waals surface area contributed by atoms with E-state index < -0.39 is 0 Å². The van der Waals surface area contributed by atoms with Gasteiger partial charge in [0, 0.05) is 31.7 Å². The first-order chi connectivity index (χ1) is 10.1. The maximum atomic E-state index is 11.8. The van der Waals surface area contributed by atoms with Gasteiger partial charge in [0.15, 0.2) is 0 Å². The first-order valence-electron chi connectivity index (χ1n) is 7.39. The first-order valence-corrected chi connectivity index (χ1v) is 7.39. The van der Waals surface area contributed by atoms with E-state index in [1.165, 1.54) is 0 Å². The van der Waals surface area contributed by atoms with Gasteiger partial charge in [-0.3, -0.25) is 9.59 Å². The molecule has 2 rings (SSSR count). The largest absolute Gasteiger partial charge is 0.351 e. The van der Waals surface area contributed by atoms with E-state index in [9.17, 15) is 9.59 Å². The maximum absolute atomic E-state index is 11.8. The highest BCUT2D eigenvalue weighted by Gasteiger charge is 2.28. The molecular formula is C16H23N3O2. The van der Waals surface area contributed by atoms with Gasteiger partial charge in [0.2, 0.25) is 5.91 Å². The Hall–Kier alpha value is -1.88. The molecule has 0 radical (unpaired) electrons. The predicted molar refractivity (Wildman–Crippen MR) is 82.2 cm³/mol. The van der Waals surface area contributed by atoms with Crippen LogP contribution in [0, 0.1) is 6.92 Å². The number of hydrogen-bond donors (Lipinski definition) is 2. The summed E-state index contributed by atoms with van der Waals surface area (Å²) in [6, 6.07) is 7.90. The molecule has 2 amide bonds. The molecule has 5 heteroatoms. The van der Waals surface area contributed by atoms with E-state index in [1.807, 2.05) is 38.2 Å². The Bertz CT molecular complexity index is 495. The SMILES string of the molecule is Cc1ccc(C(=O)NCCNCC(=O)N(C)C2CC2)cc1. The summed E-state index contributed by atoms with van der Waals surface area (Å²) < 4.78 is 0. The van der Waals surface area contributed by atoms with Gasteiger partial charge in [-0.2, -0.15) is 0 Å². The highest BCUT2D eigenvalue weighted by atomic mass is 16.2. The van der Waals surface area contributed by atoms with Crippen LogP contribution in [0.4, 0.5) is 0 Å². The van der Waals surface area contributed by atoms with Gasteiger partial charge in [0.25, 0.3) is 5.91 Å². The minimum Gasteiger partial charge on any atom is -0.351 e. The third kappa shape index (κ3) is 4.86. The van der Waals surface area contributed by atoms with Crippen molar-refractivity contribution in [2.75, 3.05) is 26.7 Å². The van der Waals surface area contributed by atoms with Crippen molar-refractivity contribution in [1.82, 2.24) is 15.5 Å². The van der Waals surface area contributed by atoms with Crippen LogP contribution in [0.2, 0.25) is 0 Å². The molecule has 114 valence electrons. The quantitative estimate of drug-likeness (QED) is 0.734. The fourth-order valence-electron chi connectivity index (χ4n) is 2.06. The molecule has 0 unspecified atom stereocenters. The number of carbonyl (C=O) groups excluding carboxylic acids is 2. The van der Waals surface area contributed by atoms with Crippen molar-refractivity contribution in [2.24, 2.45) is 0 Å². The smallest absolute Gasteiger partial charge is 0.251 e. The van der Waals surface area contributed by atoms with Crippen molar-refractivity contribution in [3.63, 3.8) is 0 Å². The van der Waals surface area contributed by atoms with E-state index in [1.54, 1.807) is 4.90 Å². The molecule has 1 aromatic rings. The average molecular weight is 289 g/mol. The van der Waals surface area contributed by atoms with Gasteiger partial charge in [-0.15, -0.1) is 0 Å². The number of nitrogens with zero attached hydrogens (tertiary/aromatic N) is 1. The van der Waals surface area contributed by atoms with Crippen molar-refractivity contribution in [2.45, 2.75) is 25.8 Å². The van der Waals surface area contributed by atoms with Crippen LogP contribution in [-0.2, 0) is 4.79 Å². The van der Waals surface area contributed by atoms with Crippen LogP contribution >= 0.6 is 0 Å². The molecule has 0 bridgehead atoms. The van der Waals surface area contributed by atoms with Crippen molar-refractivity contribution in [3.8, 4) is 0 Å². The normalized spacial score (nSPS) is 13.8. The molecule has 1 aliphatic rings. The molecule has 0 aromatic heterocycles. The third-order valence-corrected chi connectivity index (χ3v) is 3.67. The van der Waals surface area contributed by atoms with Gasteiger partial charge in [-0.1, -0.05) is 17.7 Å². The summed E-state index contributed by atoms with van der Waals surface area (Å²) in [4.78, 5) is 25.4. The Morgan fingerprint density at radius 3 is 2.48 bits per heavy atom.